The summed E-state index contributed by atoms with van der Waals surface area (Å²) in [6.45, 7) is 1.74. The van der Waals surface area contributed by atoms with E-state index in [1.165, 1.54) is 0 Å². The summed E-state index contributed by atoms with van der Waals surface area (Å²) in [7, 11) is 1.79. The molecule has 0 spiro atoms. The highest BCUT2D eigenvalue weighted by molar-refractivity contribution is 5.01. The molecule has 80 valence electrons. The molecule has 2 atom stereocenters. The van der Waals surface area contributed by atoms with Crippen molar-refractivity contribution < 1.29 is 9.84 Å². The number of likely N-dealkylation sites (N-methyl/N-ethyl adjacent to an activating group) is 1. The van der Waals surface area contributed by atoms with E-state index in [2.05, 4.69) is 11.4 Å². The minimum absolute atomic E-state index is 0.457. The second-order valence-corrected chi connectivity index (χ2v) is 3.96. The van der Waals surface area contributed by atoms with Crippen molar-refractivity contribution in [2.24, 2.45) is 5.41 Å². The number of ether oxygens (including phenoxy) is 1. The highest BCUT2D eigenvalue weighted by Crippen LogP contribution is 2.32. The Hall–Kier alpha value is -0.630. The average molecular weight is 198 g/mol. The third-order valence-electron chi connectivity index (χ3n) is 2.63. The number of aliphatic hydroxyl groups is 1. The molecular weight excluding hydrogens is 180 g/mol. The standard InChI is InChI=1S/C10H18N2O2/c1-12-6-9(13)5-10(7-11)3-2-4-14-8-10/h9,12-13H,2-6,8H2,1H3/t9-,10+/m1/s1. The molecule has 4 nitrogen and oxygen atoms in total. The largest absolute Gasteiger partial charge is 0.392 e. The molecule has 2 N–H and O–H groups in total. The van der Waals surface area contributed by atoms with Crippen LogP contribution in [0.3, 0.4) is 0 Å². The van der Waals surface area contributed by atoms with Gasteiger partial charge in [0.25, 0.3) is 0 Å². The number of nitriles is 1. The maximum Gasteiger partial charge on any atom is 0.0832 e. The lowest BCUT2D eigenvalue weighted by Crippen LogP contribution is -2.37. The Morgan fingerprint density at radius 3 is 3.00 bits per heavy atom. The van der Waals surface area contributed by atoms with Crippen molar-refractivity contribution in [2.75, 3.05) is 26.8 Å². The summed E-state index contributed by atoms with van der Waals surface area (Å²) < 4.78 is 5.30. The van der Waals surface area contributed by atoms with Gasteiger partial charge in [-0.2, -0.15) is 5.26 Å². The van der Waals surface area contributed by atoms with Crippen LogP contribution >= 0.6 is 0 Å². The topological polar surface area (TPSA) is 65.3 Å². The van der Waals surface area contributed by atoms with Gasteiger partial charge < -0.3 is 15.2 Å². The Bertz CT molecular complexity index is 207. The monoisotopic (exact) mass is 198 g/mol. The zero-order chi connectivity index (χ0) is 10.4. The van der Waals surface area contributed by atoms with Crippen molar-refractivity contribution in [2.45, 2.75) is 25.4 Å². The van der Waals surface area contributed by atoms with Gasteiger partial charge in [-0.1, -0.05) is 0 Å². The number of rotatable bonds is 4. The number of hydrogen-bond acceptors (Lipinski definition) is 4. The Balaban J connectivity index is 2.48. The number of aliphatic hydroxyl groups excluding tert-OH is 1. The molecule has 0 bridgehead atoms. The summed E-state index contributed by atoms with van der Waals surface area (Å²) >= 11 is 0. The Morgan fingerprint density at radius 2 is 2.50 bits per heavy atom. The molecule has 1 fully saturated rings. The van der Waals surface area contributed by atoms with Crippen LogP contribution in [0.1, 0.15) is 19.3 Å². The molecule has 1 saturated heterocycles. The molecule has 0 saturated carbocycles. The van der Waals surface area contributed by atoms with Crippen molar-refractivity contribution in [3.63, 3.8) is 0 Å². The molecule has 1 aliphatic rings. The minimum atomic E-state index is -0.464. The summed E-state index contributed by atoms with van der Waals surface area (Å²) in [5, 5.41) is 21.6. The summed E-state index contributed by atoms with van der Waals surface area (Å²) in [5.41, 5.74) is -0.464. The highest BCUT2D eigenvalue weighted by Gasteiger charge is 2.34. The van der Waals surface area contributed by atoms with E-state index in [1.54, 1.807) is 7.05 Å². The van der Waals surface area contributed by atoms with E-state index in [4.69, 9.17) is 10.00 Å². The Morgan fingerprint density at radius 1 is 1.71 bits per heavy atom. The van der Waals surface area contributed by atoms with E-state index in [0.717, 1.165) is 19.4 Å². The second kappa shape index (κ2) is 5.30. The SMILES string of the molecule is CNC[C@H](O)C[C@]1(C#N)CCCOC1. The molecule has 0 aromatic rings. The third kappa shape index (κ3) is 2.95. The third-order valence-corrected chi connectivity index (χ3v) is 2.63. The van der Waals surface area contributed by atoms with Gasteiger partial charge in [0.05, 0.1) is 24.2 Å². The molecule has 1 rings (SSSR count). The quantitative estimate of drug-likeness (QED) is 0.681. The van der Waals surface area contributed by atoms with Gasteiger partial charge in [0.15, 0.2) is 0 Å². The van der Waals surface area contributed by atoms with Crippen LogP contribution in [-0.2, 0) is 4.74 Å². The molecule has 14 heavy (non-hydrogen) atoms. The number of nitrogens with zero attached hydrogens (tertiary/aromatic N) is 1. The Labute approximate surface area is 84.9 Å². The first-order valence-electron chi connectivity index (χ1n) is 5.04. The molecule has 0 unspecified atom stereocenters. The molecule has 0 radical (unpaired) electrons. The second-order valence-electron chi connectivity index (χ2n) is 3.96. The predicted octanol–water partition coefficient (Wildman–Crippen LogP) is 0.277. The first kappa shape index (κ1) is 11.4. The lowest BCUT2D eigenvalue weighted by Gasteiger charge is -2.32. The van der Waals surface area contributed by atoms with E-state index in [0.29, 0.717) is 19.6 Å². The first-order valence-corrected chi connectivity index (χ1v) is 5.04. The predicted molar refractivity (Wildman–Crippen MR) is 52.6 cm³/mol. The van der Waals surface area contributed by atoms with Crippen LogP contribution in [0.25, 0.3) is 0 Å². The summed E-state index contributed by atoms with van der Waals surface area (Å²) in [6.07, 6.45) is 1.80. The van der Waals surface area contributed by atoms with Gasteiger partial charge in [0.1, 0.15) is 0 Å². The van der Waals surface area contributed by atoms with E-state index >= 15 is 0 Å². The van der Waals surface area contributed by atoms with Crippen LogP contribution in [0.4, 0.5) is 0 Å². The van der Waals surface area contributed by atoms with Crippen molar-refractivity contribution >= 4 is 0 Å². The fraction of sp³-hybridized carbons (Fsp3) is 0.900. The van der Waals surface area contributed by atoms with Gasteiger partial charge in [-0.15, -0.1) is 0 Å². The fourth-order valence-corrected chi connectivity index (χ4v) is 1.91. The van der Waals surface area contributed by atoms with E-state index in [-0.39, 0.29) is 0 Å². The molecule has 1 aliphatic heterocycles. The van der Waals surface area contributed by atoms with Crippen LogP contribution in [-0.4, -0.2) is 38.0 Å². The van der Waals surface area contributed by atoms with Crippen molar-refractivity contribution in [3.8, 4) is 6.07 Å². The van der Waals surface area contributed by atoms with Crippen molar-refractivity contribution in [1.29, 1.82) is 5.26 Å². The van der Waals surface area contributed by atoms with Gasteiger partial charge in [0, 0.05) is 13.2 Å². The van der Waals surface area contributed by atoms with E-state index in [1.807, 2.05) is 0 Å². The normalized spacial score (nSPS) is 29.5. The number of hydrogen-bond donors (Lipinski definition) is 2. The molecule has 0 aromatic carbocycles. The van der Waals surface area contributed by atoms with E-state index < -0.39 is 11.5 Å². The lowest BCUT2D eigenvalue weighted by molar-refractivity contribution is -0.00443. The lowest BCUT2D eigenvalue weighted by atomic mass is 9.79. The highest BCUT2D eigenvalue weighted by atomic mass is 16.5. The minimum Gasteiger partial charge on any atom is -0.392 e. The molecule has 1 heterocycles. The van der Waals surface area contributed by atoms with Gasteiger partial charge in [0.2, 0.25) is 0 Å². The van der Waals surface area contributed by atoms with Gasteiger partial charge in [-0.05, 0) is 26.3 Å². The summed E-state index contributed by atoms with van der Waals surface area (Å²) in [4.78, 5) is 0. The van der Waals surface area contributed by atoms with E-state index in [9.17, 15) is 5.11 Å². The van der Waals surface area contributed by atoms with Crippen molar-refractivity contribution in [3.05, 3.63) is 0 Å². The van der Waals surface area contributed by atoms with Crippen LogP contribution < -0.4 is 5.32 Å². The van der Waals surface area contributed by atoms with Crippen LogP contribution in [0.15, 0.2) is 0 Å². The summed E-state index contributed by atoms with van der Waals surface area (Å²) in [5.74, 6) is 0. The van der Waals surface area contributed by atoms with Gasteiger partial charge in [-0.3, -0.25) is 0 Å². The van der Waals surface area contributed by atoms with Crippen molar-refractivity contribution in [1.82, 2.24) is 5.32 Å². The van der Waals surface area contributed by atoms with Gasteiger partial charge >= 0.3 is 0 Å². The number of nitrogens with one attached hydrogen (secondary N) is 1. The Kier molecular flexibility index (Phi) is 4.33. The summed E-state index contributed by atoms with van der Waals surface area (Å²) in [6, 6.07) is 2.29. The van der Waals surface area contributed by atoms with Crippen LogP contribution in [0.2, 0.25) is 0 Å². The van der Waals surface area contributed by atoms with Crippen LogP contribution in [0.5, 0.6) is 0 Å². The zero-order valence-electron chi connectivity index (χ0n) is 8.62. The smallest absolute Gasteiger partial charge is 0.0832 e. The molecular formula is C10H18N2O2. The van der Waals surface area contributed by atoms with Crippen LogP contribution in [0, 0.1) is 16.7 Å². The maximum absolute atomic E-state index is 9.63. The fourth-order valence-electron chi connectivity index (χ4n) is 1.91. The molecule has 0 aromatic heterocycles. The average Bonchev–Trinajstić information content (AvgIpc) is 2.19. The molecule has 4 heteroatoms. The maximum atomic E-state index is 9.63. The zero-order valence-corrected chi connectivity index (χ0v) is 8.62. The first-order chi connectivity index (χ1) is 6.72. The molecule has 0 aliphatic carbocycles. The molecule has 0 amide bonds. The van der Waals surface area contributed by atoms with Gasteiger partial charge in [-0.25, -0.2) is 0 Å².